The molecule has 4 rings (SSSR count). The highest BCUT2D eigenvalue weighted by Crippen LogP contribution is 2.25. The van der Waals surface area contributed by atoms with Gasteiger partial charge in [0.25, 0.3) is 0 Å². The average Bonchev–Trinajstić information content (AvgIpc) is 3.14. The molecule has 1 fully saturated rings. The van der Waals surface area contributed by atoms with E-state index in [0.29, 0.717) is 0 Å². The predicted molar refractivity (Wildman–Crippen MR) is 112 cm³/mol. The summed E-state index contributed by atoms with van der Waals surface area (Å²) < 4.78 is 2.30. The van der Waals surface area contributed by atoms with Crippen molar-refractivity contribution in [3.05, 3.63) is 40.3 Å². The second-order valence-corrected chi connectivity index (χ2v) is 8.44. The maximum absolute atomic E-state index is 4.85. The Morgan fingerprint density at radius 3 is 2.84 bits per heavy atom. The lowest BCUT2D eigenvalue weighted by molar-refractivity contribution is 0.456. The summed E-state index contributed by atoms with van der Waals surface area (Å²) in [5.41, 5.74) is 1.86. The molecular formula is C17H19IN6S. The zero-order valence-electron chi connectivity index (χ0n) is 13.9. The van der Waals surface area contributed by atoms with Crippen molar-refractivity contribution in [3.8, 4) is 0 Å². The Bertz CT molecular complexity index is 861. The van der Waals surface area contributed by atoms with Crippen molar-refractivity contribution in [2.24, 2.45) is 0 Å². The van der Waals surface area contributed by atoms with Crippen molar-refractivity contribution in [1.29, 1.82) is 0 Å². The zero-order chi connectivity index (χ0) is 17.2. The van der Waals surface area contributed by atoms with Crippen LogP contribution in [0.5, 0.6) is 0 Å². The average molecular weight is 466 g/mol. The summed E-state index contributed by atoms with van der Waals surface area (Å²) in [4.78, 5) is 17.6. The number of hydrogen-bond donors (Lipinski definition) is 1. The largest absolute Gasteiger partial charge is 0.364 e. The van der Waals surface area contributed by atoms with Crippen LogP contribution in [0.15, 0.2) is 29.8 Å². The maximum atomic E-state index is 4.85. The Hall–Kier alpha value is -1.52. The first kappa shape index (κ1) is 16.9. The highest BCUT2D eigenvalue weighted by Gasteiger charge is 2.19. The minimum absolute atomic E-state index is 0.770. The molecule has 130 valence electrons. The highest BCUT2D eigenvalue weighted by molar-refractivity contribution is 14.1. The molecule has 0 aromatic carbocycles. The first-order valence-electron chi connectivity index (χ1n) is 8.25. The minimum Gasteiger partial charge on any atom is -0.364 e. The maximum Gasteiger partial charge on any atom is 0.228 e. The summed E-state index contributed by atoms with van der Waals surface area (Å²) in [6.07, 6.45) is 1.85. The molecule has 0 spiro atoms. The molecule has 0 radical (unpaired) electrons. The van der Waals surface area contributed by atoms with Gasteiger partial charge in [-0.05, 0) is 24.4 Å². The van der Waals surface area contributed by atoms with Gasteiger partial charge in [-0.15, -0.1) is 11.3 Å². The molecule has 3 aromatic heterocycles. The van der Waals surface area contributed by atoms with Gasteiger partial charge in [-0.25, -0.2) is 8.10 Å². The Morgan fingerprint density at radius 2 is 2.08 bits per heavy atom. The van der Waals surface area contributed by atoms with Crippen molar-refractivity contribution >= 4 is 56.9 Å². The molecule has 8 heteroatoms. The third-order valence-corrected chi connectivity index (χ3v) is 6.07. The van der Waals surface area contributed by atoms with Crippen molar-refractivity contribution in [3.63, 3.8) is 0 Å². The van der Waals surface area contributed by atoms with Gasteiger partial charge in [0.15, 0.2) is 0 Å². The molecule has 1 aliphatic heterocycles. The van der Waals surface area contributed by atoms with Crippen LogP contribution in [0.2, 0.25) is 0 Å². The van der Waals surface area contributed by atoms with E-state index in [4.69, 9.17) is 9.97 Å². The number of rotatable bonds is 4. The molecule has 1 N–H and O–H groups in total. The Balaban J connectivity index is 1.68. The Labute approximate surface area is 164 Å². The molecule has 1 aliphatic rings. The van der Waals surface area contributed by atoms with Crippen LogP contribution >= 0.6 is 34.2 Å². The van der Waals surface area contributed by atoms with Crippen LogP contribution in [0.25, 0.3) is 10.9 Å². The fourth-order valence-corrected chi connectivity index (χ4v) is 3.94. The smallest absolute Gasteiger partial charge is 0.228 e. The standard InChI is InChI=1S/C17H19IN6S/c1-12-9-14-15(11-19-12)21-17(23-4-6-24(18)7-5-23)22-16(14)20-10-13-3-2-8-25-13/h2-3,8-9,11H,4-7,10H2,1H3,(H,20,21,22). The fourth-order valence-electron chi connectivity index (χ4n) is 2.87. The van der Waals surface area contributed by atoms with Crippen molar-refractivity contribution in [2.75, 3.05) is 36.4 Å². The van der Waals surface area contributed by atoms with Crippen LogP contribution in [-0.4, -0.2) is 44.2 Å². The van der Waals surface area contributed by atoms with Gasteiger partial charge < -0.3 is 10.2 Å². The number of hydrogen-bond acceptors (Lipinski definition) is 7. The first-order chi connectivity index (χ1) is 12.2. The minimum atomic E-state index is 0.770. The van der Waals surface area contributed by atoms with Crippen LogP contribution in [0.1, 0.15) is 10.6 Å². The third-order valence-electron chi connectivity index (χ3n) is 4.23. The molecule has 0 atom stereocenters. The van der Waals surface area contributed by atoms with Crippen LogP contribution in [-0.2, 0) is 6.54 Å². The molecule has 0 aliphatic carbocycles. The second kappa shape index (κ2) is 7.38. The van der Waals surface area contributed by atoms with E-state index in [1.54, 1.807) is 11.3 Å². The van der Waals surface area contributed by atoms with E-state index in [1.807, 2.05) is 13.1 Å². The van der Waals surface area contributed by atoms with Crippen LogP contribution < -0.4 is 10.2 Å². The van der Waals surface area contributed by atoms with Crippen LogP contribution in [0, 0.1) is 6.92 Å². The molecule has 1 saturated heterocycles. The molecular weight excluding hydrogens is 447 g/mol. The quantitative estimate of drug-likeness (QED) is 0.470. The van der Waals surface area contributed by atoms with E-state index >= 15 is 0 Å². The van der Waals surface area contributed by atoms with Gasteiger partial charge in [-0.1, -0.05) is 6.07 Å². The number of halogens is 1. The van der Waals surface area contributed by atoms with E-state index in [0.717, 1.165) is 61.1 Å². The Kier molecular flexibility index (Phi) is 5.00. The molecule has 3 aromatic rings. The lowest BCUT2D eigenvalue weighted by Crippen LogP contribution is -2.43. The van der Waals surface area contributed by atoms with Gasteiger partial charge in [0.2, 0.25) is 5.95 Å². The number of fused-ring (bicyclic) bond motifs is 1. The van der Waals surface area contributed by atoms with Gasteiger partial charge in [0, 0.05) is 65.0 Å². The van der Waals surface area contributed by atoms with Gasteiger partial charge in [0.1, 0.15) is 5.82 Å². The number of aromatic nitrogens is 3. The molecule has 25 heavy (non-hydrogen) atoms. The highest BCUT2D eigenvalue weighted by atomic mass is 127. The molecule has 4 heterocycles. The number of nitrogens with zero attached hydrogens (tertiary/aromatic N) is 5. The molecule has 0 unspecified atom stereocenters. The first-order valence-corrected chi connectivity index (χ1v) is 10.1. The van der Waals surface area contributed by atoms with Crippen molar-refractivity contribution in [2.45, 2.75) is 13.5 Å². The van der Waals surface area contributed by atoms with Crippen LogP contribution in [0.4, 0.5) is 11.8 Å². The monoisotopic (exact) mass is 466 g/mol. The summed E-state index contributed by atoms with van der Waals surface area (Å²) >= 11 is 4.12. The van der Waals surface area contributed by atoms with Crippen molar-refractivity contribution in [1.82, 2.24) is 18.1 Å². The molecule has 6 nitrogen and oxygen atoms in total. The zero-order valence-corrected chi connectivity index (χ0v) is 16.9. The summed E-state index contributed by atoms with van der Waals surface area (Å²) in [5.74, 6) is 1.67. The Morgan fingerprint density at radius 1 is 1.24 bits per heavy atom. The second-order valence-electron chi connectivity index (χ2n) is 6.04. The normalized spacial score (nSPS) is 15.7. The number of piperazine rings is 1. The van der Waals surface area contributed by atoms with Gasteiger partial charge >= 0.3 is 0 Å². The number of thiophene rings is 1. The number of anilines is 2. The van der Waals surface area contributed by atoms with Gasteiger partial charge in [0.05, 0.1) is 18.3 Å². The van der Waals surface area contributed by atoms with E-state index in [-0.39, 0.29) is 0 Å². The number of nitrogens with one attached hydrogen (secondary N) is 1. The SMILES string of the molecule is Cc1cc2c(NCc3cccs3)nc(N3CCN(I)CC3)nc2cn1. The molecule has 0 amide bonds. The number of pyridine rings is 1. The van der Waals surface area contributed by atoms with E-state index < -0.39 is 0 Å². The van der Waals surface area contributed by atoms with E-state index in [2.05, 4.69) is 64.8 Å². The summed E-state index contributed by atoms with van der Waals surface area (Å²) in [6.45, 7) is 6.69. The summed E-state index contributed by atoms with van der Waals surface area (Å²) in [7, 11) is 0. The van der Waals surface area contributed by atoms with Gasteiger partial charge in [-0.2, -0.15) is 4.98 Å². The number of aryl methyl sites for hydroxylation is 1. The van der Waals surface area contributed by atoms with Crippen molar-refractivity contribution < 1.29 is 0 Å². The lowest BCUT2D eigenvalue weighted by atomic mass is 10.2. The lowest BCUT2D eigenvalue weighted by Gasteiger charge is -2.31. The van der Waals surface area contributed by atoms with Crippen LogP contribution in [0.3, 0.4) is 0 Å². The van der Waals surface area contributed by atoms with Gasteiger partial charge in [-0.3, -0.25) is 4.98 Å². The molecule has 0 bridgehead atoms. The summed E-state index contributed by atoms with van der Waals surface area (Å²) in [6, 6.07) is 6.26. The predicted octanol–water partition coefficient (Wildman–Crippen LogP) is 3.48. The summed E-state index contributed by atoms with van der Waals surface area (Å²) in [5, 5.41) is 6.62. The fraction of sp³-hybridized carbons (Fsp3) is 0.353. The van der Waals surface area contributed by atoms with E-state index in [1.165, 1.54) is 4.88 Å². The molecule has 0 saturated carbocycles. The third kappa shape index (κ3) is 3.85. The topological polar surface area (TPSA) is 57.2 Å². The van der Waals surface area contributed by atoms with E-state index in [9.17, 15) is 0 Å².